The Morgan fingerprint density at radius 3 is 2.75 bits per heavy atom. The van der Waals surface area contributed by atoms with Gasteiger partial charge in [0.25, 0.3) is 0 Å². The molecule has 5 N–H and O–H groups in total. The summed E-state index contributed by atoms with van der Waals surface area (Å²) in [5.74, 6) is 0.220. The molecule has 0 radical (unpaired) electrons. The van der Waals surface area contributed by atoms with E-state index in [4.69, 9.17) is 11.5 Å². The van der Waals surface area contributed by atoms with Crippen LogP contribution in [0.4, 0.5) is 0 Å². The Hall–Kier alpha value is -0.610. The lowest BCUT2D eigenvalue weighted by molar-refractivity contribution is -0.122. The topological polar surface area (TPSA) is 81.1 Å². The van der Waals surface area contributed by atoms with Gasteiger partial charge < -0.3 is 16.8 Å². The maximum Gasteiger partial charge on any atom is 0.223 e. The van der Waals surface area contributed by atoms with Crippen LogP contribution in [-0.2, 0) is 4.79 Å². The second kappa shape index (κ2) is 3.87. The normalized spacial score (nSPS) is 28.2. The van der Waals surface area contributed by atoms with E-state index in [0.29, 0.717) is 6.42 Å². The van der Waals surface area contributed by atoms with E-state index < -0.39 is 0 Å². The molecule has 0 spiro atoms. The van der Waals surface area contributed by atoms with Crippen molar-refractivity contribution in [1.82, 2.24) is 5.32 Å². The number of carbonyl (C=O) groups excluding carboxylic acids is 1. The van der Waals surface area contributed by atoms with Gasteiger partial charge >= 0.3 is 0 Å². The van der Waals surface area contributed by atoms with E-state index in [2.05, 4.69) is 5.32 Å². The largest absolute Gasteiger partial charge is 0.356 e. The maximum absolute atomic E-state index is 11.1. The highest BCUT2D eigenvalue weighted by Crippen LogP contribution is 2.15. The molecule has 0 saturated carbocycles. The van der Waals surface area contributed by atoms with Gasteiger partial charge in [0.1, 0.15) is 0 Å². The van der Waals surface area contributed by atoms with Crippen molar-refractivity contribution in [3.63, 3.8) is 0 Å². The van der Waals surface area contributed by atoms with Gasteiger partial charge in [-0.1, -0.05) is 0 Å². The van der Waals surface area contributed by atoms with E-state index in [0.717, 1.165) is 13.0 Å². The monoisotopic (exact) mass is 171 g/mol. The van der Waals surface area contributed by atoms with Crippen molar-refractivity contribution in [2.75, 3.05) is 6.54 Å². The van der Waals surface area contributed by atoms with Crippen LogP contribution in [0.1, 0.15) is 19.8 Å². The van der Waals surface area contributed by atoms with Gasteiger partial charge in [-0.25, -0.2) is 0 Å². The number of nitrogens with two attached hydrogens (primary N) is 2. The van der Waals surface area contributed by atoms with Crippen LogP contribution in [0.25, 0.3) is 0 Å². The summed E-state index contributed by atoms with van der Waals surface area (Å²) in [6, 6.07) is -0.0859. The molecule has 1 heterocycles. The van der Waals surface area contributed by atoms with Gasteiger partial charge in [0.15, 0.2) is 0 Å². The molecule has 4 heteroatoms. The van der Waals surface area contributed by atoms with Gasteiger partial charge in [-0.2, -0.15) is 0 Å². The number of nitrogens with one attached hydrogen (secondary N) is 1. The third-order valence-corrected chi connectivity index (χ3v) is 2.39. The molecule has 1 aliphatic rings. The molecule has 1 unspecified atom stereocenters. The summed E-state index contributed by atoms with van der Waals surface area (Å²) in [5, 5.41) is 2.78. The molecule has 0 aromatic rings. The van der Waals surface area contributed by atoms with Crippen LogP contribution in [-0.4, -0.2) is 24.5 Å². The fourth-order valence-electron chi connectivity index (χ4n) is 1.41. The molecule has 0 bridgehead atoms. The average Bonchev–Trinajstić information content (AvgIpc) is 2.36. The molecule has 70 valence electrons. The molecule has 1 rings (SSSR count). The van der Waals surface area contributed by atoms with Crippen molar-refractivity contribution in [3.05, 3.63) is 0 Å². The lowest BCUT2D eigenvalue weighted by atomic mass is 9.95. The van der Waals surface area contributed by atoms with Gasteiger partial charge in [-0.05, 0) is 19.8 Å². The van der Waals surface area contributed by atoms with Crippen molar-refractivity contribution in [3.8, 4) is 0 Å². The number of hydrogen-bond donors (Lipinski definition) is 3. The molecule has 1 fully saturated rings. The highest BCUT2D eigenvalue weighted by Gasteiger charge is 2.26. The van der Waals surface area contributed by atoms with Crippen LogP contribution in [0.2, 0.25) is 0 Å². The Bertz CT molecular complexity index is 170. The van der Waals surface area contributed by atoms with E-state index in [1.807, 2.05) is 6.92 Å². The third-order valence-electron chi connectivity index (χ3n) is 2.39. The average molecular weight is 171 g/mol. The van der Waals surface area contributed by atoms with Crippen molar-refractivity contribution < 1.29 is 4.79 Å². The number of carbonyl (C=O) groups is 1. The molecular weight excluding hydrogens is 154 g/mol. The summed E-state index contributed by atoms with van der Waals surface area (Å²) in [6.45, 7) is 2.66. The Labute approximate surface area is 72.7 Å². The van der Waals surface area contributed by atoms with Gasteiger partial charge in [0, 0.05) is 24.5 Å². The summed E-state index contributed by atoms with van der Waals surface area (Å²) in [4.78, 5) is 11.1. The van der Waals surface area contributed by atoms with Crippen molar-refractivity contribution in [2.45, 2.75) is 31.8 Å². The van der Waals surface area contributed by atoms with E-state index in [9.17, 15) is 4.79 Å². The van der Waals surface area contributed by atoms with Crippen LogP contribution in [0.3, 0.4) is 0 Å². The highest BCUT2D eigenvalue weighted by atomic mass is 16.2. The summed E-state index contributed by atoms with van der Waals surface area (Å²) in [7, 11) is 0. The lowest BCUT2D eigenvalue weighted by Gasteiger charge is -2.17. The summed E-state index contributed by atoms with van der Waals surface area (Å²) in [6.07, 6.45) is 1.61. The smallest absolute Gasteiger partial charge is 0.223 e. The molecule has 12 heavy (non-hydrogen) atoms. The standard InChI is InChI=1S/C8H17N3O/c1-5(9)7(10)4-6-2-3-11-8(6)12/h5-7H,2-4,9-10H2,1H3,(H,11,12)/t5?,6-,7-/m0/s1. The van der Waals surface area contributed by atoms with Crippen LogP contribution >= 0.6 is 0 Å². The van der Waals surface area contributed by atoms with E-state index in [-0.39, 0.29) is 23.9 Å². The fourth-order valence-corrected chi connectivity index (χ4v) is 1.41. The minimum absolute atomic E-state index is 0.0293. The number of amides is 1. The Morgan fingerprint density at radius 2 is 2.33 bits per heavy atom. The molecule has 4 nitrogen and oxygen atoms in total. The Kier molecular flexibility index (Phi) is 3.05. The van der Waals surface area contributed by atoms with E-state index in [1.54, 1.807) is 0 Å². The molecule has 0 aromatic heterocycles. The summed E-state index contributed by atoms with van der Waals surface area (Å²) >= 11 is 0. The summed E-state index contributed by atoms with van der Waals surface area (Å²) in [5.41, 5.74) is 11.4. The first-order chi connectivity index (χ1) is 5.61. The van der Waals surface area contributed by atoms with Crippen molar-refractivity contribution >= 4 is 5.91 Å². The zero-order valence-corrected chi connectivity index (χ0v) is 7.42. The van der Waals surface area contributed by atoms with Crippen LogP contribution in [0.15, 0.2) is 0 Å². The zero-order chi connectivity index (χ0) is 9.14. The SMILES string of the molecule is CC(N)[C@@H](N)C[C@@H]1CCNC1=O. The van der Waals surface area contributed by atoms with Gasteiger partial charge in [0.2, 0.25) is 5.91 Å². The Morgan fingerprint density at radius 1 is 1.67 bits per heavy atom. The predicted molar refractivity (Wildman–Crippen MR) is 47.4 cm³/mol. The fraction of sp³-hybridized carbons (Fsp3) is 0.875. The molecule has 1 saturated heterocycles. The zero-order valence-electron chi connectivity index (χ0n) is 7.42. The Balaban J connectivity index is 2.35. The molecule has 1 aliphatic heterocycles. The molecule has 3 atom stereocenters. The molecular formula is C8H17N3O. The second-order valence-electron chi connectivity index (χ2n) is 3.54. The van der Waals surface area contributed by atoms with Gasteiger partial charge in [-0.15, -0.1) is 0 Å². The molecule has 1 amide bonds. The number of rotatable bonds is 3. The van der Waals surface area contributed by atoms with Gasteiger partial charge in [0.05, 0.1) is 0 Å². The number of hydrogen-bond acceptors (Lipinski definition) is 3. The first kappa shape index (κ1) is 9.48. The minimum Gasteiger partial charge on any atom is -0.356 e. The van der Waals surface area contributed by atoms with Crippen molar-refractivity contribution in [2.24, 2.45) is 17.4 Å². The maximum atomic E-state index is 11.1. The predicted octanol–water partition coefficient (Wildman–Crippen LogP) is -0.813. The van der Waals surface area contributed by atoms with Crippen LogP contribution < -0.4 is 16.8 Å². The van der Waals surface area contributed by atoms with E-state index in [1.165, 1.54) is 0 Å². The van der Waals surface area contributed by atoms with Crippen LogP contribution in [0.5, 0.6) is 0 Å². The molecule has 0 aliphatic carbocycles. The first-order valence-corrected chi connectivity index (χ1v) is 4.40. The van der Waals surface area contributed by atoms with Crippen LogP contribution in [0, 0.1) is 5.92 Å². The van der Waals surface area contributed by atoms with Crippen molar-refractivity contribution in [1.29, 1.82) is 0 Å². The third kappa shape index (κ3) is 2.19. The quantitative estimate of drug-likeness (QED) is 0.519. The van der Waals surface area contributed by atoms with Gasteiger partial charge in [-0.3, -0.25) is 4.79 Å². The minimum atomic E-state index is -0.0566. The molecule has 0 aromatic carbocycles. The highest BCUT2D eigenvalue weighted by molar-refractivity contribution is 5.80. The summed E-state index contributed by atoms with van der Waals surface area (Å²) < 4.78 is 0. The second-order valence-corrected chi connectivity index (χ2v) is 3.54. The lowest BCUT2D eigenvalue weighted by Crippen LogP contribution is -2.41. The van der Waals surface area contributed by atoms with E-state index >= 15 is 0 Å². The first-order valence-electron chi connectivity index (χ1n) is 4.40.